The van der Waals surface area contributed by atoms with Gasteiger partial charge in [-0.15, -0.1) is 0 Å². The Bertz CT molecular complexity index is 633. The van der Waals surface area contributed by atoms with Crippen LogP contribution in [0.1, 0.15) is 45.0 Å². The second-order valence-corrected chi connectivity index (χ2v) is 6.38. The summed E-state index contributed by atoms with van der Waals surface area (Å²) in [5.74, 6) is 0. The van der Waals surface area contributed by atoms with Gasteiger partial charge in [-0.05, 0) is 79.6 Å². The quantitative estimate of drug-likeness (QED) is 0.813. The van der Waals surface area contributed by atoms with Crippen LogP contribution < -0.4 is 0 Å². The molecular weight excluding hydrogens is 312 g/mol. The molecule has 0 aliphatic carbocycles. The molecule has 0 radical (unpaired) electrons. The Labute approximate surface area is 129 Å². The average molecular weight is 333 g/mol. The van der Waals surface area contributed by atoms with Crippen molar-refractivity contribution in [3.05, 3.63) is 67.7 Å². The van der Waals surface area contributed by atoms with Gasteiger partial charge in [0.15, 0.2) is 0 Å². The summed E-state index contributed by atoms with van der Waals surface area (Å²) >= 11 is 3.54. The number of aliphatic hydroxyl groups is 1. The van der Waals surface area contributed by atoms with Gasteiger partial charge >= 0.3 is 0 Å². The molecular formula is C18H21BrO. The largest absolute Gasteiger partial charge is 0.384 e. The molecule has 0 saturated heterocycles. The van der Waals surface area contributed by atoms with E-state index in [2.05, 4.69) is 49.7 Å². The van der Waals surface area contributed by atoms with Gasteiger partial charge in [0.25, 0.3) is 0 Å². The number of hydrogen-bond acceptors (Lipinski definition) is 1. The normalized spacial score (nSPS) is 12.6. The molecule has 2 aromatic carbocycles. The molecule has 0 fully saturated rings. The Hall–Kier alpha value is -1.12. The summed E-state index contributed by atoms with van der Waals surface area (Å²) < 4.78 is 1.04. The van der Waals surface area contributed by atoms with Gasteiger partial charge in [0, 0.05) is 4.47 Å². The highest BCUT2D eigenvalue weighted by Gasteiger charge is 2.20. The van der Waals surface area contributed by atoms with Crippen LogP contribution in [0.15, 0.2) is 28.7 Å². The molecule has 1 atom stereocenters. The highest BCUT2D eigenvalue weighted by atomic mass is 79.9. The van der Waals surface area contributed by atoms with E-state index in [0.29, 0.717) is 0 Å². The molecule has 0 spiro atoms. The van der Waals surface area contributed by atoms with Crippen molar-refractivity contribution in [3.8, 4) is 0 Å². The van der Waals surface area contributed by atoms with Gasteiger partial charge in [-0.3, -0.25) is 0 Å². The maximum atomic E-state index is 10.9. The summed E-state index contributed by atoms with van der Waals surface area (Å²) in [7, 11) is 0. The van der Waals surface area contributed by atoms with Gasteiger partial charge in [-0.2, -0.15) is 0 Å². The van der Waals surface area contributed by atoms with Gasteiger partial charge in [-0.25, -0.2) is 0 Å². The number of rotatable bonds is 2. The van der Waals surface area contributed by atoms with E-state index in [9.17, 15) is 5.11 Å². The molecule has 0 bridgehead atoms. The molecule has 1 nitrogen and oxygen atoms in total. The molecule has 0 aromatic heterocycles. The van der Waals surface area contributed by atoms with Crippen LogP contribution in [-0.4, -0.2) is 5.11 Å². The first-order chi connectivity index (χ1) is 9.34. The van der Waals surface area contributed by atoms with Crippen LogP contribution in [0.4, 0.5) is 0 Å². The second-order valence-electron chi connectivity index (χ2n) is 5.53. The molecule has 0 heterocycles. The highest BCUT2D eigenvalue weighted by molar-refractivity contribution is 9.10. The Morgan fingerprint density at radius 3 is 2.00 bits per heavy atom. The van der Waals surface area contributed by atoms with E-state index in [4.69, 9.17) is 0 Å². The third-order valence-corrected chi connectivity index (χ3v) is 5.16. The second kappa shape index (κ2) is 5.71. The number of benzene rings is 2. The molecule has 2 aromatic rings. The summed E-state index contributed by atoms with van der Waals surface area (Å²) in [6, 6.07) is 8.17. The van der Waals surface area contributed by atoms with E-state index in [0.717, 1.165) is 21.2 Å². The minimum Gasteiger partial charge on any atom is -0.384 e. The standard InChI is InChI=1S/C18H21BrO/c1-10-9-11(2)13(4)17(12(10)3)18(20)15-7-6-8-16(19)14(15)5/h6-9,18,20H,1-5H3. The van der Waals surface area contributed by atoms with Crippen molar-refractivity contribution in [2.45, 2.75) is 40.7 Å². The Morgan fingerprint density at radius 1 is 0.900 bits per heavy atom. The zero-order valence-electron chi connectivity index (χ0n) is 12.7. The molecule has 0 aliphatic rings. The van der Waals surface area contributed by atoms with Gasteiger partial charge in [0.05, 0.1) is 0 Å². The SMILES string of the molecule is Cc1cc(C)c(C)c(C(O)c2cccc(Br)c2C)c1C. The maximum Gasteiger partial charge on any atom is 0.105 e. The first kappa shape index (κ1) is 15.3. The number of aliphatic hydroxyl groups excluding tert-OH is 1. The van der Waals surface area contributed by atoms with Crippen LogP contribution >= 0.6 is 15.9 Å². The van der Waals surface area contributed by atoms with Gasteiger partial charge in [0.1, 0.15) is 6.10 Å². The Balaban J connectivity index is 2.65. The van der Waals surface area contributed by atoms with Crippen LogP contribution in [0, 0.1) is 34.6 Å². The van der Waals surface area contributed by atoms with E-state index >= 15 is 0 Å². The molecule has 1 N–H and O–H groups in total. The molecule has 2 rings (SSSR count). The van der Waals surface area contributed by atoms with Crippen molar-refractivity contribution in [1.82, 2.24) is 0 Å². The molecule has 0 aliphatic heterocycles. The topological polar surface area (TPSA) is 20.2 Å². The maximum absolute atomic E-state index is 10.9. The highest BCUT2D eigenvalue weighted by Crippen LogP contribution is 2.34. The fraction of sp³-hybridized carbons (Fsp3) is 0.333. The molecule has 106 valence electrons. The summed E-state index contributed by atoms with van der Waals surface area (Å²) in [5, 5.41) is 10.9. The van der Waals surface area contributed by atoms with Crippen LogP contribution in [-0.2, 0) is 0 Å². The van der Waals surface area contributed by atoms with Crippen molar-refractivity contribution in [3.63, 3.8) is 0 Å². The fourth-order valence-electron chi connectivity index (χ4n) is 2.73. The average Bonchev–Trinajstić information content (AvgIpc) is 2.40. The molecule has 2 heteroatoms. The molecule has 0 amide bonds. The number of hydrogen-bond donors (Lipinski definition) is 1. The fourth-order valence-corrected chi connectivity index (χ4v) is 3.11. The van der Waals surface area contributed by atoms with Crippen molar-refractivity contribution in [2.24, 2.45) is 0 Å². The van der Waals surface area contributed by atoms with Crippen molar-refractivity contribution < 1.29 is 5.11 Å². The monoisotopic (exact) mass is 332 g/mol. The van der Waals surface area contributed by atoms with E-state index < -0.39 is 6.10 Å². The van der Waals surface area contributed by atoms with Gasteiger partial charge < -0.3 is 5.11 Å². The van der Waals surface area contributed by atoms with Crippen LogP contribution in [0.5, 0.6) is 0 Å². The summed E-state index contributed by atoms with van der Waals surface area (Å²) in [6.45, 7) is 10.4. The van der Waals surface area contributed by atoms with Crippen molar-refractivity contribution in [2.75, 3.05) is 0 Å². The predicted octanol–water partition coefficient (Wildman–Crippen LogP) is 5.07. The van der Waals surface area contributed by atoms with Crippen molar-refractivity contribution >= 4 is 15.9 Å². The lowest BCUT2D eigenvalue weighted by atomic mass is 9.87. The van der Waals surface area contributed by atoms with Crippen LogP contribution in [0.2, 0.25) is 0 Å². The first-order valence-electron chi connectivity index (χ1n) is 6.85. The summed E-state index contributed by atoms with van der Waals surface area (Å²) in [4.78, 5) is 0. The summed E-state index contributed by atoms with van der Waals surface area (Å²) in [5.41, 5.74) is 7.93. The van der Waals surface area contributed by atoms with Gasteiger partial charge in [0.2, 0.25) is 0 Å². The van der Waals surface area contributed by atoms with Gasteiger partial charge in [-0.1, -0.05) is 34.1 Å². The first-order valence-corrected chi connectivity index (χ1v) is 7.64. The smallest absolute Gasteiger partial charge is 0.105 e. The lowest BCUT2D eigenvalue weighted by Crippen LogP contribution is -2.09. The lowest BCUT2D eigenvalue weighted by molar-refractivity contribution is 0.217. The predicted molar refractivity (Wildman–Crippen MR) is 88.3 cm³/mol. The third kappa shape index (κ3) is 2.55. The van der Waals surface area contributed by atoms with Crippen LogP contribution in [0.3, 0.4) is 0 Å². The Kier molecular flexibility index (Phi) is 4.36. The number of halogens is 1. The van der Waals surface area contributed by atoms with Crippen LogP contribution in [0.25, 0.3) is 0 Å². The zero-order chi connectivity index (χ0) is 15.0. The summed E-state index contributed by atoms with van der Waals surface area (Å²) in [6.07, 6.45) is -0.578. The van der Waals surface area contributed by atoms with E-state index in [1.807, 2.05) is 25.1 Å². The van der Waals surface area contributed by atoms with E-state index in [1.165, 1.54) is 22.3 Å². The van der Waals surface area contributed by atoms with E-state index in [1.54, 1.807) is 0 Å². The minimum absolute atomic E-state index is 0.578. The zero-order valence-corrected chi connectivity index (χ0v) is 14.3. The number of aryl methyl sites for hydroxylation is 2. The molecule has 1 unspecified atom stereocenters. The lowest BCUT2D eigenvalue weighted by Gasteiger charge is -2.22. The minimum atomic E-state index is -0.578. The van der Waals surface area contributed by atoms with E-state index in [-0.39, 0.29) is 0 Å². The Morgan fingerprint density at radius 2 is 1.45 bits per heavy atom. The molecule has 20 heavy (non-hydrogen) atoms. The third-order valence-electron chi connectivity index (χ3n) is 4.30. The molecule has 0 saturated carbocycles. The van der Waals surface area contributed by atoms with Crippen molar-refractivity contribution in [1.29, 1.82) is 0 Å².